The zero-order valence-electron chi connectivity index (χ0n) is 13.8. The van der Waals surface area contributed by atoms with Gasteiger partial charge in [0.25, 0.3) is 0 Å². The molecule has 24 heavy (non-hydrogen) atoms. The van der Waals surface area contributed by atoms with Gasteiger partial charge in [0.05, 0.1) is 19.9 Å². The molecule has 5 nitrogen and oxygen atoms in total. The van der Waals surface area contributed by atoms with Crippen LogP contribution in [0.5, 0.6) is 11.5 Å². The van der Waals surface area contributed by atoms with Gasteiger partial charge in [-0.1, -0.05) is 25.1 Å². The fraction of sp³-hybridized carbons (Fsp3) is 0.222. The van der Waals surface area contributed by atoms with Crippen molar-refractivity contribution in [2.24, 2.45) is 5.10 Å². The number of rotatable bonds is 7. The molecule has 0 bridgehead atoms. The largest absolute Gasteiger partial charge is 0.493 e. The molecule has 2 N–H and O–H groups in total. The lowest BCUT2D eigenvalue weighted by atomic mass is 10.2. The molecule has 0 fully saturated rings. The van der Waals surface area contributed by atoms with Crippen LogP contribution in [0.3, 0.4) is 0 Å². The Hall–Kier alpha value is -2.60. The lowest BCUT2D eigenvalue weighted by Crippen LogP contribution is -2.23. The monoisotopic (exact) mass is 343 g/mol. The van der Waals surface area contributed by atoms with Crippen LogP contribution >= 0.6 is 12.2 Å². The van der Waals surface area contributed by atoms with Crippen LogP contribution in [0.2, 0.25) is 0 Å². The maximum absolute atomic E-state index is 5.68. The number of methoxy groups -OCH3 is 1. The molecule has 0 radical (unpaired) electrons. The predicted molar refractivity (Wildman–Crippen MR) is 102 cm³/mol. The van der Waals surface area contributed by atoms with Crippen LogP contribution in [-0.4, -0.2) is 25.0 Å². The van der Waals surface area contributed by atoms with Crippen molar-refractivity contribution < 1.29 is 9.47 Å². The minimum Gasteiger partial charge on any atom is -0.493 e. The summed E-state index contributed by atoms with van der Waals surface area (Å²) in [6.45, 7) is 2.70. The zero-order chi connectivity index (χ0) is 17.2. The second kappa shape index (κ2) is 9.52. The molecule has 0 saturated heterocycles. The van der Waals surface area contributed by atoms with E-state index in [-0.39, 0.29) is 0 Å². The topological polar surface area (TPSA) is 54.9 Å². The number of hydrogen-bond acceptors (Lipinski definition) is 4. The van der Waals surface area contributed by atoms with Crippen LogP contribution in [-0.2, 0) is 0 Å². The maximum atomic E-state index is 5.68. The highest BCUT2D eigenvalue weighted by Gasteiger charge is 2.04. The van der Waals surface area contributed by atoms with Crippen LogP contribution in [0.4, 0.5) is 5.69 Å². The molecule has 0 heterocycles. The molecule has 2 aromatic rings. The maximum Gasteiger partial charge on any atom is 0.191 e. The predicted octanol–water partition coefficient (Wildman–Crippen LogP) is 3.80. The van der Waals surface area contributed by atoms with E-state index in [0.717, 1.165) is 17.7 Å². The van der Waals surface area contributed by atoms with Crippen molar-refractivity contribution in [2.45, 2.75) is 13.3 Å². The highest BCUT2D eigenvalue weighted by molar-refractivity contribution is 7.80. The first kappa shape index (κ1) is 17.7. The summed E-state index contributed by atoms with van der Waals surface area (Å²) in [4.78, 5) is 0. The van der Waals surface area contributed by atoms with Crippen LogP contribution < -0.4 is 20.2 Å². The average molecular weight is 343 g/mol. The molecular weight excluding hydrogens is 322 g/mol. The van der Waals surface area contributed by atoms with E-state index in [9.17, 15) is 0 Å². The molecule has 0 unspecified atom stereocenters. The van der Waals surface area contributed by atoms with Crippen molar-refractivity contribution in [3.05, 3.63) is 54.1 Å². The van der Waals surface area contributed by atoms with E-state index in [1.54, 1.807) is 13.3 Å². The van der Waals surface area contributed by atoms with E-state index in [0.29, 0.717) is 23.2 Å². The second-order valence-electron chi connectivity index (χ2n) is 4.95. The minimum atomic E-state index is 0.424. The Morgan fingerprint density at radius 1 is 1.17 bits per heavy atom. The van der Waals surface area contributed by atoms with Gasteiger partial charge in [0.15, 0.2) is 16.6 Å². The number of para-hydroxylation sites is 1. The highest BCUT2D eigenvalue weighted by Crippen LogP contribution is 2.27. The van der Waals surface area contributed by atoms with Crippen molar-refractivity contribution in [1.29, 1.82) is 0 Å². The third-order valence-corrected chi connectivity index (χ3v) is 3.25. The Kier molecular flexibility index (Phi) is 7.04. The number of thiocarbonyl (C=S) groups is 1. The van der Waals surface area contributed by atoms with Crippen molar-refractivity contribution >= 4 is 29.2 Å². The summed E-state index contributed by atoms with van der Waals surface area (Å²) in [5.74, 6) is 1.41. The van der Waals surface area contributed by atoms with E-state index in [1.807, 2.05) is 48.5 Å². The van der Waals surface area contributed by atoms with E-state index in [4.69, 9.17) is 21.7 Å². The molecule has 0 spiro atoms. The first-order chi connectivity index (χ1) is 11.7. The summed E-state index contributed by atoms with van der Waals surface area (Å²) < 4.78 is 11.0. The first-order valence-corrected chi connectivity index (χ1v) is 8.09. The van der Waals surface area contributed by atoms with Gasteiger partial charge in [-0.3, -0.25) is 5.43 Å². The van der Waals surface area contributed by atoms with Gasteiger partial charge in [0.1, 0.15) is 0 Å². The third kappa shape index (κ3) is 5.55. The quantitative estimate of drug-likeness (QED) is 0.455. The van der Waals surface area contributed by atoms with E-state index in [2.05, 4.69) is 22.8 Å². The van der Waals surface area contributed by atoms with Crippen molar-refractivity contribution in [3.8, 4) is 11.5 Å². The Morgan fingerprint density at radius 3 is 2.67 bits per heavy atom. The van der Waals surface area contributed by atoms with Crippen molar-refractivity contribution in [2.75, 3.05) is 19.0 Å². The Labute approximate surface area is 147 Å². The minimum absolute atomic E-state index is 0.424. The number of nitrogens with zero attached hydrogens (tertiary/aromatic N) is 1. The van der Waals surface area contributed by atoms with Crippen molar-refractivity contribution in [1.82, 2.24) is 5.43 Å². The molecule has 0 aliphatic rings. The van der Waals surface area contributed by atoms with Crippen LogP contribution in [0.1, 0.15) is 18.9 Å². The van der Waals surface area contributed by atoms with Gasteiger partial charge in [-0.05, 0) is 54.5 Å². The van der Waals surface area contributed by atoms with E-state index >= 15 is 0 Å². The number of benzene rings is 2. The molecule has 0 aliphatic carbocycles. The van der Waals surface area contributed by atoms with Gasteiger partial charge in [0.2, 0.25) is 0 Å². The summed E-state index contributed by atoms with van der Waals surface area (Å²) in [5.41, 5.74) is 4.58. The number of ether oxygens (including phenoxy) is 2. The molecule has 6 heteroatoms. The molecular formula is C18H21N3O2S. The van der Waals surface area contributed by atoms with Crippen LogP contribution in [0.15, 0.2) is 53.6 Å². The molecule has 2 aromatic carbocycles. The van der Waals surface area contributed by atoms with E-state index in [1.165, 1.54) is 0 Å². The Balaban J connectivity index is 1.94. The van der Waals surface area contributed by atoms with Gasteiger partial charge < -0.3 is 14.8 Å². The molecule has 0 saturated carbocycles. The fourth-order valence-corrected chi connectivity index (χ4v) is 2.11. The van der Waals surface area contributed by atoms with Gasteiger partial charge in [-0.2, -0.15) is 5.10 Å². The molecule has 126 valence electrons. The fourth-order valence-electron chi connectivity index (χ4n) is 1.94. The summed E-state index contributed by atoms with van der Waals surface area (Å²) in [6, 6.07) is 15.3. The number of hydrogen-bond donors (Lipinski definition) is 2. The molecule has 0 aliphatic heterocycles. The SMILES string of the molecule is CCCOc1cc(/C=N/NC(=S)Nc2ccccc2)ccc1OC. The highest BCUT2D eigenvalue weighted by atomic mass is 32.1. The average Bonchev–Trinajstić information content (AvgIpc) is 2.61. The van der Waals surface area contributed by atoms with Crippen LogP contribution in [0.25, 0.3) is 0 Å². The third-order valence-electron chi connectivity index (χ3n) is 3.06. The van der Waals surface area contributed by atoms with Crippen LogP contribution in [0, 0.1) is 0 Å². The summed E-state index contributed by atoms with van der Waals surface area (Å²) >= 11 is 5.19. The lowest BCUT2D eigenvalue weighted by Gasteiger charge is -2.10. The summed E-state index contributed by atoms with van der Waals surface area (Å²) in [7, 11) is 1.62. The molecule has 0 atom stereocenters. The van der Waals surface area contributed by atoms with Gasteiger partial charge in [-0.25, -0.2) is 0 Å². The smallest absolute Gasteiger partial charge is 0.191 e. The number of anilines is 1. The number of nitrogens with one attached hydrogen (secondary N) is 2. The Morgan fingerprint density at radius 2 is 1.96 bits per heavy atom. The molecule has 2 rings (SSSR count). The van der Waals surface area contributed by atoms with Gasteiger partial charge in [-0.15, -0.1) is 0 Å². The van der Waals surface area contributed by atoms with Gasteiger partial charge in [0, 0.05) is 5.69 Å². The molecule has 0 amide bonds. The normalized spacial score (nSPS) is 10.4. The second-order valence-corrected chi connectivity index (χ2v) is 5.36. The summed E-state index contributed by atoms with van der Waals surface area (Å²) in [5, 5.41) is 7.61. The Bertz CT molecular complexity index is 690. The van der Waals surface area contributed by atoms with Gasteiger partial charge >= 0.3 is 0 Å². The summed E-state index contributed by atoms with van der Waals surface area (Å²) in [6.07, 6.45) is 2.61. The number of hydrazone groups is 1. The molecule has 0 aromatic heterocycles. The lowest BCUT2D eigenvalue weighted by molar-refractivity contribution is 0.294. The standard InChI is InChI=1S/C18H21N3O2S/c1-3-11-23-17-12-14(9-10-16(17)22-2)13-19-21-18(24)20-15-7-5-4-6-8-15/h4-10,12-13H,3,11H2,1-2H3,(H2,20,21,24)/b19-13+. The zero-order valence-corrected chi connectivity index (χ0v) is 14.6. The first-order valence-electron chi connectivity index (χ1n) is 7.69. The van der Waals surface area contributed by atoms with E-state index < -0.39 is 0 Å². The van der Waals surface area contributed by atoms with Crippen molar-refractivity contribution in [3.63, 3.8) is 0 Å².